The molecule has 0 spiro atoms. The Morgan fingerprint density at radius 2 is 1.04 bits per heavy atom. The molecule has 5 aromatic heterocycles. The quantitative estimate of drug-likeness (QED) is 0.173. The first-order chi connectivity index (χ1) is 26.7. The minimum Gasteiger partial charge on any atom is -0.355 e. The van der Waals surface area contributed by atoms with E-state index in [2.05, 4.69) is 50.0 Å². The van der Waals surface area contributed by atoms with Crippen LogP contribution < -0.4 is 4.90 Å². The highest BCUT2D eigenvalue weighted by molar-refractivity contribution is 6.32. The minimum atomic E-state index is -0.316. The van der Waals surface area contributed by atoms with Gasteiger partial charge in [-0.2, -0.15) is 10.2 Å². The molecule has 18 heteroatoms. The van der Waals surface area contributed by atoms with E-state index in [1.165, 1.54) is 66.5 Å². The smallest absolute Gasteiger partial charge is 0.174 e. The molecule has 12 nitrogen and oxygen atoms in total. The first-order valence-electron chi connectivity index (χ1n) is 16.4. The van der Waals surface area contributed by atoms with Crippen molar-refractivity contribution in [3.05, 3.63) is 148 Å². The van der Waals surface area contributed by atoms with Crippen LogP contribution in [0.4, 0.5) is 19.0 Å². The van der Waals surface area contributed by atoms with Crippen molar-refractivity contribution in [3.63, 3.8) is 0 Å². The summed E-state index contributed by atoms with van der Waals surface area (Å²) in [4.78, 5) is 30.2. The maximum Gasteiger partial charge on any atom is 0.174 e. The van der Waals surface area contributed by atoms with Crippen LogP contribution in [0.1, 0.15) is 17.5 Å². The van der Waals surface area contributed by atoms with E-state index < -0.39 is 0 Å². The first kappa shape index (κ1) is 37.3. The molecule has 55 heavy (non-hydrogen) atoms. The lowest BCUT2D eigenvalue weighted by molar-refractivity contribution is 0.607. The molecule has 276 valence electrons. The lowest BCUT2D eigenvalue weighted by Gasteiger charge is -2.31. The zero-order valence-electron chi connectivity index (χ0n) is 28.4. The standard InChI is InChI=1S/C14H12FN5.C11H6ClFN4.C8H6FN.C4H2Cl2N2/c15-11-3-1-4-12-10(11)7-17-20(12)14-9-16-8-13(18-14)19-5-2-6-19;12-10-5-14-6-11(16-10)17-9-3-1-2-8(13)7(9)4-15-17;9-8-3-1-2-6-4-10-5-7(6)8;5-3-1-7-2-4(6)8-3/h1,3-4,7-9H,2,5-6H2;1-6H;1-3,5H,4H2;1-2H. The molecule has 0 amide bonds. The summed E-state index contributed by atoms with van der Waals surface area (Å²) in [7, 11) is 0. The molecule has 0 bridgehead atoms. The summed E-state index contributed by atoms with van der Waals surface area (Å²) in [5.74, 6) is 1.14. The summed E-state index contributed by atoms with van der Waals surface area (Å²) >= 11 is 16.5. The number of aromatic nitrogens is 10. The van der Waals surface area contributed by atoms with Crippen LogP contribution in [0.15, 0.2) is 109 Å². The Kier molecular flexibility index (Phi) is 11.5. The highest BCUT2D eigenvalue weighted by Crippen LogP contribution is 2.23. The van der Waals surface area contributed by atoms with Crippen molar-refractivity contribution >= 4 is 68.6 Å². The van der Waals surface area contributed by atoms with Crippen molar-refractivity contribution in [3.8, 4) is 11.6 Å². The molecule has 3 aromatic carbocycles. The Balaban J connectivity index is 0.000000120. The van der Waals surface area contributed by atoms with E-state index in [-0.39, 0.29) is 22.6 Å². The van der Waals surface area contributed by atoms with Gasteiger partial charge < -0.3 is 4.90 Å². The SMILES string of the molecule is Clc1cncc(Cl)n1.Fc1cccc2c1C=NC2.Fc1cccc2c1cnn2-c1cncc(Cl)n1.Fc1cccc2c1cnn2-c1cncc(N2CCC2)n1. The van der Waals surface area contributed by atoms with Gasteiger partial charge in [0.25, 0.3) is 0 Å². The highest BCUT2D eigenvalue weighted by atomic mass is 35.5. The summed E-state index contributed by atoms with van der Waals surface area (Å²) < 4.78 is 43.1. The predicted molar refractivity (Wildman–Crippen MR) is 205 cm³/mol. The van der Waals surface area contributed by atoms with Gasteiger partial charge in [0.1, 0.15) is 38.7 Å². The number of hydrogen-bond acceptors (Lipinski definition) is 10. The van der Waals surface area contributed by atoms with Crippen LogP contribution in [0, 0.1) is 17.5 Å². The predicted octanol–water partition coefficient (Wildman–Crippen LogP) is 8.31. The fraction of sp³-hybridized carbons (Fsp3) is 0.108. The summed E-state index contributed by atoms with van der Waals surface area (Å²) in [5, 5.41) is 10.1. The van der Waals surface area contributed by atoms with Crippen molar-refractivity contribution in [1.29, 1.82) is 0 Å². The molecular formula is C37H26Cl3F3N12. The van der Waals surface area contributed by atoms with Crippen molar-refractivity contribution in [2.75, 3.05) is 18.0 Å². The van der Waals surface area contributed by atoms with Gasteiger partial charge in [-0.05, 0) is 42.3 Å². The molecule has 0 unspecified atom stereocenters. The number of benzene rings is 3. The van der Waals surface area contributed by atoms with Crippen LogP contribution in [-0.2, 0) is 6.54 Å². The average molecular weight is 802 g/mol. The number of hydrogen-bond donors (Lipinski definition) is 0. The monoisotopic (exact) mass is 800 g/mol. The van der Waals surface area contributed by atoms with Crippen molar-refractivity contribution in [1.82, 2.24) is 49.5 Å². The Hall–Kier alpha value is -6.03. The van der Waals surface area contributed by atoms with E-state index in [1.54, 1.807) is 47.6 Å². The van der Waals surface area contributed by atoms with Crippen LogP contribution in [0.25, 0.3) is 33.4 Å². The van der Waals surface area contributed by atoms with Gasteiger partial charge in [0.05, 0.1) is 77.9 Å². The summed E-state index contributed by atoms with van der Waals surface area (Å²) in [6.07, 6.45) is 14.9. The molecule has 1 fully saturated rings. The van der Waals surface area contributed by atoms with Crippen LogP contribution in [-0.4, -0.2) is 68.8 Å². The fourth-order valence-corrected chi connectivity index (χ4v) is 5.88. The van der Waals surface area contributed by atoms with Crippen molar-refractivity contribution in [2.45, 2.75) is 13.0 Å². The van der Waals surface area contributed by atoms with E-state index in [1.807, 2.05) is 12.1 Å². The molecule has 1 saturated heterocycles. The molecule has 0 atom stereocenters. The number of anilines is 1. The lowest BCUT2D eigenvalue weighted by atomic mass is 10.1. The zero-order chi connectivity index (χ0) is 38.3. The third-order valence-electron chi connectivity index (χ3n) is 8.14. The Bertz CT molecular complexity index is 2610. The molecule has 7 heterocycles. The number of fused-ring (bicyclic) bond motifs is 3. The second-order valence-electron chi connectivity index (χ2n) is 11.7. The number of rotatable bonds is 3. The summed E-state index contributed by atoms with van der Waals surface area (Å²) in [5.41, 5.74) is 2.96. The minimum absolute atomic E-state index is 0.168. The summed E-state index contributed by atoms with van der Waals surface area (Å²) in [6.45, 7) is 2.65. The fourth-order valence-electron chi connectivity index (χ4n) is 5.40. The maximum atomic E-state index is 13.7. The molecular weight excluding hydrogens is 776 g/mol. The number of halogens is 6. The molecule has 0 aliphatic carbocycles. The highest BCUT2D eigenvalue weighted by Gasteiger charge is 2.18. The third kappa shape index (κ3) is 8.70. The van der Waals surface area contributed by atoms with Crippen LogP contribution in [0.5, 0.6) is 0 Å². The van der Waals surface area contributed by atoms with Gasteiger partial charge >= 0.3 is 0 Å². The molecule has 2 aliphatic heterocycles. The van der Waals surface area contributed by atoms with E-state index in [4.69, 9.17) is 34.8 Å². The van der Waals surface area contributed by atoms with Crippen LogP contribution >= 0.6 is 34.8 Å². The van der Waals surface area contributed by atoms with Crippen molar-refractivity contribution in [2.24, 2.45) is 4.99 Å². The summed E-state index contributed by atoms with van der Waals surface area (Å²) in [6, 6.07) is 14.7. The molecule has 8 aromatic rings. The average Bonchev–Trinajstić information content (AvgIpc) is 3.92. The van der Waals surface area contributed by atoms with Gasteiger partial charge in [0.2, 0.25) is 0 Å². The van der Waals surface area contributed by atoms with Gasteiger partial charge in [0.15, 0.2) is 11.6 Å². The topological polar surface area (TPSA) is 129 Å². The molecule has 0 N–H and O–H groups in total. The number of nitrogens with zero attached hydrogens (tertiary/aromatic N) is 12. The van der Waals surface area contributed by atoms with Gasteiger partial charge in [-0.15, -0.1) is 0 Å². The van der Waals surface area contributed by atoms with E-state index in [0.717, 1.165) is 24.5 Å². The largest absolute Gasteiger partial charge is 0.355 e. The molecule has 0 radical (unpaired) electrons. The normalized spacial score (nSPS) is 12.5. The maximum absolute atomic E-state index is 13.7. The van der Waals surface area contributed by atoms with Crippen LogP contribution in [0.3, 0.4) is 0 Å². The third-order valence-corrected chi connectivity index (χ3v) is 8.68. The lowest BCUT2D eigenvalue weighted by Crippen LogP contribution is -2.37. The second kappa shape index (κ2) is 17.0. The molecule has 0 saturated carbocycles. The van der Waals surface area contributed by atoms with Crippen LogP contribution in [0.2, 0.25) is 15.5 Å². The van der Waals surface area contributed by atoms with Gasteiger partial charge in [-0.25, -0.2) is 37.5 Å². The van der Waals surface area contributed by atoms with Gasteiger partial charge in [0, 0.05) is 24.9 Å². The van der Waals surface area contributed by atoms with Gasteiger partial charge in [-0.1, -0.05) is 59.1 Å². The number of aliphatic imine (C=N–C) groups is 1. The van der Waals surface area contributed by atoms with E-state index in [0.29, 0.717) is 55.9 Å². The Labute approximate surface area is 326 Å². The van der Waals surface area contributed by atoms with Crippen molar-refractivity contribution < 1.29 is 13.2 Å². The Morgan fingerprint density at radius 1 is 0.527 bits per heavy atom. The van der Waals surface area contributed by atoms with E-state index in [9.17, 15) is 13.2 Å². The second-order valence-corrected chi connectivity index (χ2v) is 12.8. The first-order valence-corrected chi connectivity index (χ1v) is 17.6. The van der Waals surface area contributed by atoms with Gasteiger partial charge in [-0.3, -0.25) is 19.9 Å². The zero-order valence-corrected chi connectivity index (χ0v) is 30.6. The Morgan fingerprint density at radius 3 is 1.56 bits per heavy atom. The van der Waals surface area contributed by atoms with E-state index >= 15 is 0 Å². The molecule has 10 rings (SSSR count). The molecule has 2 aliphatic rings.